The lowest BCUT2D eigenvalue weighted by Crippen LogP contribution is -1.95. The predicted molar refractivity (Wildman–Crippen MR) is 198 cm³/mol. The van der Waals surface area contributed by atoms with E-state index in [1.54, 1.807) is 0 Å². The highest BCUT2D eigenvalue weighted by Crippen LogP contribution is 2.36. The molecule has 0 aliphatic heterocycles. The quantitative estimate of drug-likeness (QED) is 0.108. The van der Waals surface area contributed by atoms with Crippen LogP contribution < -0.4 is 28.4 Å². The van der Waals surface area contributed by atoms with E-state index in [0.717, 1.165) is 33.9 Å². The van der Waals surface area contributed by atoms with Gasteiger partial charge in [0, 0.05) is 18.2 Å². The average molecular weight is 673 g/mol. The molecule has 0 N–H and O–H groups in total. The van der Waals surface area contributed by atoms with Crippen LogP contribution in [-0.4, -0.2) is 0 Å². The van der Waals surface area contributed by atoms with Gasteiger partial charge in [-0.3, -0.25) is 0 Å². The first-order chi connectivity index (χ1) is 25.2. The average Bonchev–Trinajstić information content (AvgIpc) is 3.18. The van der Waals surface area contributed by atoms with Crippen molar-refractivity contribution >= 4 is 0 Å². The molecule has 0 atom stereocenters. The Labute approximate surface area is 298 Å². The summed E-state index contributed by atoms with van der Waals surface area (Å²) in [6.07, 6.45) is 0. The van der Waals surface area contributed by atoms with Crippen LogP contribution in [0.5, 0.6) is 51.7 Å². The van der Waals surface area contributed by atoms with Gasteiger partial charge in [-0.15, -0.1) is 0 Å². The molecule has 51 heavy (non-hydrogen) atoms. The van der Waals surface area contributed by atoms with Crippen molar-refractivity contribution in [1.82, 2.24) is 0 Å². The van der Waals surface area contributed by atoms with Crippen LogP contribution in [0.4, 0.5) is 0 Å². The molecule has 0 unspecified atom stereocenters. The maximum absolute atomic E-state index is 6.28. The summed E-state index contributed by atoms with van der Waals surface area (Å²) in [7, 11) is 0. The number of ether oxygens (including phenoxy) is 6. The molecule has 252 valence electrons. The highest BCUT2D eigenvalue weighted by molar-refractivity contribution is 5.48. The Morgan fingerprint density at radius 1 is 0.235 bits per heavy atom. The molecule has 7 aromatic carbocycles. The first-order valence-corrected chi connectivity index (χ1v) is 16.7. The molecule has 0 saturated carbocycles. The standard InChI is InChI=1S/C45H36O6/c1-4-10-34(11-5-1)31-46-37-16-22-40(23-17-37)49-43-28-44(50-41-24-18-38(19-25-41)47-32-35-12-6-2-7-13-35)30-45(29-43)51-42-26-20-39(21-27-42)48-33-36-14-8-3-9-15-36/h1-30H,31-33H2. The Kier molecular flexibility index (Phi) is 10.7. The van der Waals surface area contributed by atoms with Gasteiger partial charge >= 0.3 is 0 Å². The van der Waals surface area contributed by atoms with Crippen LogP contribution in [0.25, 0.3) is 0 Å². The third kappa shape index (κ3) is 9.94. The maximum atomic E-state index is 6.28. The van der Waals surface area contributed by atoms with Crippen molar-refractivity contribution in [3.8, 4) is 51.7 Å². The molecule has 0 heterocycles. The van der Waals surface area contributed by atoms with Gasteiger partial charge in [0.2, 0.25) is 0 Å². The molecular formula is C45H36O6. The summed E-state index contributed by atoms with van der Waals surface area (Å²) in [6.45, 7) is 1.46. The zero-order chi connectivity index (χ0) is 34.5. The lowest BCUT2D eigenvalue weighted by Gasteiger charge is -2.14. The van der Waals surface area contributed by atoms with Gasteiger partial charge in [0.05, 0.1) is 0 Å². The van der Waals surface area contributed by atoms with Gasteiger partial charge < -0.3 is 28.4 Å². The summed E-state index contributed by atoms with van der Waals surface area (Å²) in [6, 6.07) is 58.2. The molecular weight excluding hydrogens is 636 g/mol. The zero-order valence-corrected chi connectivity index (χ0v) is 27.9. The lowest BCUT2D eigenvalue weighted by atomic mass is 10.2. The molecule has 0 spiro atoms. The summed E-state index contributed by atoms with van der Waals surface area (Å²) < 4.78 is 36.7. The van der Waals surface area contributed by atoms with Gasteiger partial charge in [-0.2, -0.15) is 0 Å². The SMILES string of the molecule is c1ccc(COc2ccc(Oc3cc(Oc4ccc(OCc5ccccc5)cc4)cc(Oc4ccc(OCc5ccccc5)cc4)c3)cc2)cc1. The Morgan fingerprint density at radius 3 is 0.725 bits per heavy atom. The minimum atomic E-state index is 0.487. The molecule has 6 heteroatoms. The summed E-state index contributed by atoms with van der Waals surface area (Å²) in [5, 5.41) is 0. The van der Waals surface area contributed by atoms with Crippen LogP contribution in [0.3, 0.4) is 0 Å². The van der Waals surface area contributed by atoms with Crippen LogP contribution in [0.15, 0.2) is 182 Å². The van der Waals surface area contributed by atoms with Crippen molar-refractivity contribution in [1.29, 1.82) is 0 Å². The molecule has 0 bridgehead atoms. The summed E-state index contributed by atoms with van der Waals surface area (Å²) >= 11 is 0. The Morgan fingerprint density at radius 2 is 0.471 bits per heavy atom. The van der Waals surface area contributed by atoms with Gasteiger partial charge in [-0.05, 0) is 89.5 Å². The van der Waals surface area contributed by atoms with Crippen molar-refractivity contribution in [3.05, 3.63) is 199 Å². The molecule has 0 fully saturated rings. The highest BCUT2D eigenvalue weighted by Gasteiger charge is 2.10. The Bertz CT molecular complexity index is 1830. The normalized spacial score (nSPS) is 10.6. The first kappa shape index (κ1) is 32.9. The third-order valence-corrected chi connectivity index (χ3v) is 7.78. The van der Waals surface area contributed by atoms with Gasteiger partial charge in [0.15, 0.2) is 0 Å². The number of hydrogen-bond acceptors (Lipinski definition) is 6. The minimum absolute atomic E-state index is 0.487. The fraction of sp³-hybridized carbons (Fsp3) is 0.0667. The van der Waals surface area contributed by atoms with Gasteiger partial charge in [-0.25, -0.2) is 0 Å². The van der Waals surface area contributed by atoms with Crippen LogP contribution >= 0.6 is 0 Å². The number of rotatable bonds is 15. The molecule has 6 nitrogen and oxygen atoms in total. The smallest absolute Gasteiger partial charge is 0.134 e. The second-order valence-electron chi connectivity index (χ2n) is 11.7. The van der Waals surface area contributed by atoms with Gasteiger partial charge in [0.1, 0.15) is 71.6 Å². The van der Waals surface area contributed by atoms with E-state index in [1.807, 2.05) is 182 Å². The molecule has 0 aromatic heterocycles. The molecule has 0 aliphatic carbocycles. The van der Waals surface area contributed by atoms with E-state index in [2.05, 4.69) is 0 Å². The fourth-order valence-electron chi connectivity index (χ4n) is 5.17. The summed E-state index contributed by atoms with van der Waals surface area (Å²) in [5.74, 6) is 5.82. The zero-order valence-electron chi connectivity index (χ0n) is 27.9. The van der Waals surface area contributed by atoms with Crippen LogP contribution in [0.2, 0.25) is 0 Å². The third-order valence-electron chi connectivity index (χ3n) is 7.78. The lowest BCUT2D eigenvalue weighted by molar-refractivity contribution is 0.305. The van der Waals surface area contributed by atoms with Crippen molar-refractivity contribution in [3.63, 3.8) is 0 Å². The van der Waals surface area contributed by atoms with Gasteiger partial charge in [0.25, 0.3) is 0 Å². The highest BCUT2D eigenvalue weighted by atomic mass is 16.5. The summed E-state index contributed by atoms with van der Waals surface area (Å²) in [5.41, 5.74) is 3.31. The number of hydrogen-bond donors (Lipinski definition) is 0. The predicted octanol–water partition coefficient (Wildman–Crippen LogP) is 11.8. The van der Waals surface area contributed by atoms with E-state index in [0.29, 0.717) is 54.3 Å². The van der Waals surface area contributed by atoms with Crippen molar-refractivity contribution in [2.45, 2.75) is 19.8 Å². The van der Waals surface area contributed by atoms with E-state index in [-0.39, 0.29) is 0 Å². The maximum Gasteiger partial charge on any atom is 0.134 e. The van der Waals surface area contributed by atoms with Crippen LogP contribution in [0, 0.1) is 0 Å². The van der Waals surface area contributed by atoms with E-state index in [1.165, 1.54) is 0 Å². The Balaban J connectivity index is 1.04. The Hall–Kier alpha value is -6.66. The van der Waals surface area contributed by atoms with Crippen molar-refractivity contribution in [2.24, 2.45) is 0 Å². The van der Waals surface area contributed by atoms with Gasteiger partial charge in [-0.1, -0.05) is 91.0 Å². The van der Waals surface area contributed by atoms with E-state index < -0.39 is 0 Å². The first-order valence-electron chi connectivity index (χ1n) is 16.7. The second-order valence-corrected chi connectivity index (χ2v) is 11.7. The molecule has 7 rings (SSSR count). The molecule has 0 amide bonds. The van der Waals surface area contributed by atoms with Crippen LogP contribution in [0.1, 0.15) is 16.7 Å². The molecule has 0 radical (unpaired) electrons. The fourth-order valence-corrected chi connectivity index (χ4v) is 5.17. The minimum Gasteiger partial charge on any atom is -0.489 e. The van der Waals surface area contributed by atoms with E-state index in [4.69, 9.17) is 28.4 Å². The van der Waals surface area contributed by atoms with E-state index in [9.17, 15) is 0 Å². The monoisotopic (exact) mass is 672 g/mol. The topological polar surface area (TPSA) is 55.4 Å². The summed E-state index contributed by atoms with van der Waals surface area (Å²) in [4.78, 5) is 0. The van der Waals surface area contributed by atoms with Crippen molar-refractivity contribution in [2.75, 3.05) is 0 Å². The van der Waals surface area contributed by atoms with Crippen LogP contribution in [-0.2, 0) is 19.8 Å². The molecule has 7 aromatic rings. The second kappa shape index (κ2) is 16.6. The molecule has 0 saturated heterocycles. The van der Waals surface area contributed by atoms with Crippen molar-refractivity contribution < 1.29 is 28.4 Å². The number of benzene rings is 7. The van der Waals surface area contributed by atoms with E-state index >= 15 is 0 Å². The largest absolute Gasteiger partial charge is 0.489 e. The molecule has 0 aliphatic rings.